The molecule has 0 fully saturated rings. The number of carbonyl (C=O) groups is 3. The Kier molecular flexibility index (Phi) is 5.13. The van der Waals surface area contributed by atoms with E-state index in [1.165, 1.54) is 13.0 Å². The van der Waals surface area contributed by atoms with Crippen molar-refractivity contribution in [1.82, 2.24) is 0 Å². The van der Waals surface area contributed by atoms with Gasteiger partial charge in [-0.15, -0.1) is 11.3 Å². The second-order valence-corrected chi connectivity index (χ2v) is 6.46. The van der Waals surface area contributed by atoms with Crippen LogP contribution in [-0.4, -0.2) is 35.6 Å². The minimum atomic E-state index is -1.31. The summed E-state index contributed by atoms with van der Waals surface area (Å²) in [6.07, 6.45) is -1.31. The first-order valence-electron chi connectivity index (χ1n) is 7.75. The zero-order valence-electron chi connectivity index (χ0n) is 14.3. The third kappa shape index (κ3) is 3.71. The van der Waals surface area contributed by atoms with Crippen LogP contribution in [0.5, 0.6) is 11.5 Å². The predicted molar refractivity (Wildman–Crippen MR) is 95.6 cm³/mol. The number of benzene rings is 1. The number of anilines is 1. The smallest absolute Gasteiger partial charge is 0.346 e. The molecule has 1 aromatic carbocycles. The van der Waals surface area contributed by atoms with E-state index in [0.717, 1.165) is 23.5 Å². The van der Waals surface area contributed by atoms with Gasteiger partial charge in [-0.3, -0.25) is 19.7 Å². The molecule has 0 aliphatic carbocycles. The van der Waals surface area contributed by atoms with Gasteiger partial charge in [-0.25, -0.2) is 4.79 Å². The third-order valence-electron chi connectivity index (χ3n) is 3.73. The van der Waals surface area contributed by atoms with Crippen LogP contribution in [-0.2, 0) is 9.53 Å². The van der Waals surface area contributed by atoms with E-state index in [9.17, 15) is 24.5 Å². The number of nitrogens with one attached hydrogen (secondary N) is 1. The Morgan fingerprint density at radius 3 is 2.61 bits per heavy atom. The molecular weight excluding hydrogens is 394 g/mol. The fourth-order valence-electron chi connectivity index (χ4n) is 2.34. The number of hydrogen-bond donors (Lipinski definition) is 2. The first kappa shape index (κ1) is 19.1. The minimum absolute atomic E-state index is 0.114. The molecule has 0 bridgehead atoms. The van der Waals surface area contributed by atoms with Crippen LogP contribution in [0.3, 0.4) is 0 Å². The Morgan fingerprint density at radius 1 is 1.29 bits per heavy atom. The van der Waals surface area contributed by atoms with E-state index in [0.29, 0.717) is 0 Å². The highest BCUT2D eigenvalue weighted by molar-refractivity contribution is 7.14. The Morgan fingerprint density at radius 2 is 1.96 bits per heavy atom. The van der Waals surface area contributed by atoms with Crippen LogP contribution in [0, 0.1) is 10.1 Å². The Hall–Kier alpha value is -3.67. The molecule has 146 valence electrons. The molecule has 2 amide bonds. The maximum atomic E-state index is 12.4. The largest absolute Gasteiger partial charge is 0.454 e. The lowest BCUT2D eigenvalue weighted by molar-refractivity contribution is -0.385. The number of primary amides is 1. The van der Waals surface area contributed by atoms with Crippen LogP contribution in [0.1, 0.15) is 27.6 Å². The first-order chi connectivity index (χ1) is 13.3. The van der Waals surface area contributed by atoms with Crippen LogP contribution in [0.15, 0.2) is 23.6 Å². The highest BCUT2D eigenvalue weighted by atomic mass is 32.1. The summed E-state index contributed by atoms with van der Waals surface area (Å²) < 4.78 is 15.2. The highest BCUT2D eigenvalue weighted by Gasteiger charge is 2.30. The van der Waals surface area contributed by atoms with Gasteiger partial charge in [-0.2, -0.15) is 0 Å². The van der Waals surface area contributed by atoms with Gasteiger partial charge in [0.2, 0.25) is 6.79 Å². The lowest BCUT2D eigenvalue weighted by atomic mass is 10.1. The molecule has 3 rings (SSSR count). The number of carbonyl (C=O) groups excluding carboxylic acids is 3. The van der Waals surface area contributed by atoms with Crippen molar-refractivity contribution in [3.05, 3.63) is 44.8 Å². The quantitative estimate of drug-likeness (QED) is 0.415. The predicted octanol–water partition coefficient (Wildman–Crippen LogP) is 1.67. The molecule has 3 N–H and O–H groups in total. The van der Waals surface area contributed by atoms with E-state index in [1.807, 2.05) is 0 Å². The second-order valence-electron chi connectivity index (χ2n) is 5.54. The molecule has 1 atom stereocenters. The molecule has 1 unspecified atom stereocenters. The van der Waals surface area contributed by atoms with Gasteiger partial charge in [-0.05, 0) is 18.4 Å². The van der Waals surface area contributed by atoms with Gasteiger partial charge in [-0.1, -0.05) is 0 Å². The highest BCUT2D eigenvalue weighted by Crippen LogP contribution is 2.38. The number of hydrogen-bond acceptors (Lipinski definition) is 9. The summed E-state index contributed by atoms with van der Waals surface area (Å²) in [5, 5.41) is 15.4. The number of nitrogens with zero attached hydrogens (tertiary/aromatic N) is 1. The summed E-state index contributed by atoms with van der Waals surface area (Å²) in [5.41, 5.74) is 4.38. The van der Waals surface area contributed by atoms with Crippen molar-refractivity contribution in [2.24, 2.45) is 5.73 Å². The second kappa shape index (κ2) is 7.52. The van der Waals surface area contributed by atoms with E-state index in [4.69, 9.17) is 19.9 Å². The molecule has 11 nitrogen and oxygen atoms in total. The molecule has 1 aliphatic heterocycles. The number of fused-ring (bicyclic) bond motifs is 1. The number of rotatable bonds is 6. The van der Waals surface area contributed by atoms with E-state index in [2.05, 4.69) is 5.32 Å². The van der Waals surface area contributed by atoms with Crippen molar-refractivity contribution >= 4 is 39.8 Å². The average Bonchev–Trinajstić information content (AvgIpc) is 3.28. The fraction of sp³-hybridized carbons (Fsp3) is 0.188. The normalized spacial score (nSPS) is 12.9. The molecule has 0 radical (unpaired) electrons. The van der Waals surface area contributed by atoms with Crippen molar-refractivity contribution in [2.45, 2.75) is 13.0 Å². The van der Waals surface area contributed by atoms with Crippen molar-refractivity contribution < 1.29 is 33.5 Å². The molecule has 0 saturated carbocycles. The van der Waals surface area contributed by atoms with Crippen molar-refractivity contribution in [3.63, 3.8) is 0 Å². The Balaban J connectivity index is 1.75. The van der Waals surface area contributed by atoms with Crippen LogP contribution in [0.2, 0.25) is 0 Å². The monoisotopic (exact) mass is 407 g/mol. The molecule has 1 aromatic heterocycles. The molecular formula is C16H13N3O8S. The van der Waals surface area contributed by atoms with E-state index < -0.39 is 34.5 Å². The topological polar surface area (TPSA) is 160 Å². The molecule has 2 heterocycles. The van der Waals surface area contributed by atoms with Gasteiger partial charge in [0.25, 0.3) is 17.5 Å². The van der Waals surface area contributed by atoms with E-state index in [1.54, 1.807) is 5.38 Å². The summed E-state index contributed by atoms with van der Waals surface area (Å²) in [7, 11) is 0. The van der Waals surface area contributed by atoms with Crippen molar-refractivity contribution in [3.8, 4) is 11.5 Å². The average molecular weight is 407 g/mol. The molecule has 12 heteroatoms. The Bertz CT molecular complexity index is 986. The fourth-order valence-corrected chi connectivity index (χ4v) is 3.13. The standard InChI is InChI=1S/C16H13N3O8S/c1-7(14(21)18-15-8(13(17)20)2-3-28-15)27-16(22)9-4-11-12(26-6-25-11)5-10(9)19(23)24/h2-5,7H,6H2,1H3,(H2,17,20)(H,18,21). The van der Waals surface area contributed by atoms with Crippen LogP contribution < -0.4 is 20.5 Å². The van der Waals surface area contributed by atoms with Crippen LogP contribution in [0.25, 0.3) is 0 Å². The number of ether oxygens (including phenoxy) is 3. The minimum Gasteiger partial charge on any atom is -0.454 e. The van der Waals surface area contributed by atoms with Crippen LogP contribution in [0.4, 0.5) is 10.7 Å². The van der Waals surface area contributed by atoms with Crippen molar-refractivity contribution in [1.29, 1.82) is 0 Å². The maximum Gasteiger partial charge on any atom is 0.346 e. The van der Waals surface area contributed by atoms with Gasteiger partial charge in [0.1, 0.15) is 10.6 Å². The van der Waals surface area contributed by atoms with Crippen molar-refractivity contribution in [2.75, 3.05) is 12.1 Å². The molecule has 1 aliphatic rings. The van der Waals surface area contributed by atoms with Gasteiger partial charge in [0, 0.05) is 6.07 Å². The first-order valence-corrected chi connectivity index (χ1v) is 8.63. The lowest BCUT2D eigenvalue weighted by Gasteiger charge is -2.13. The summed E-state index contributed by atoms with van der Waals surface area (Å²) in [6.45, 7) is 1.15. The number of nitrogens with two attached hydrogens (primary N) is 1. The Labute approximate surface area is 161 Å². The van der Waals surface area contributed by atoms with E-state index >= 15 is 0 Å². The summed E-state index contributed by atoms with van der Waals surface area (Å²) in [4.78, 5) is 46.4. The van der Waals surface area contributed by atoms with Gasteiger partial charge in [0.05, 0.1) is 16.6 Å². The van der Waals surface area contributed by atoms with Crippen LogP contribution >= 0.6 is 11.3 Å². The maximum absolute atomic E-state index is 12.4. The number of nitro benzene ring substituents is 1. The molecule has 0 saturated heterocycles. The summed E-state index contributed by atoms with van der Waals surface area (Å²) in [6, 6.07) is 3.61. The molecule has 2 aromatic rings. The van der Waals surface area contributed by atoms with Gasteiger partial charge < -0.3 is 25.3 Å². The van der Waals surface area contributed by atoms with E-state index in [-0.39, 0.29) is 34.4 Å². The lowest BCUT2D eigenvalue weighted by Crippen LogP contribution is -2.30. The van der Waals surface area contributed by atoms with Gasteiger partial charge in [0.15, 0.2) is 17.6 Å². The zero-order valence-corrected chi connectivity index (χ0v) is 15.1. The number of esters is 1. The third-order valence-corrected chi connectivity index (χ3v) is 4.56. The molecule has 0 spiro atoms. The number of nitro groups is 1. The zero-order chi connectivity index (χ0) is 20.4. The SMILES string of the molecule is CC(OC(=O)c1cc2c(cc1[N+](=O)[O-])OCO2)C(=O)Nc1sccc1C(N)=O. The summed E-state index contributed by atoms with van der Waals surface area (Å²) in [5.74, 6) is -2.27. The number of thiophene rings is 1. The number of amides is 2. The van der Waals surface area contributed by atoms with Gasteiger partial charge >= 0.3 is 5.97 Å². The summed E-state index contributed by atoms with van der Waals surface area (Å²) >= 11 is 1.07. The molecule has 28 heavy (non-hydrogen) atoms.